The molecule has 1 atom stereocenters. The van der Waals surface area contributed by atoms with E-state index in [2.05, 4.69) is 15.5 Å². The number of halogens is 2. The van der Waals surface area contributed by atoms with Crippen molar-refractivity contribution in [3.63, 3.8) is 0 Å². The summed E-state index contributed by atoms with van der Waals surface area (Å²) in [5.41, 5.74) is 7.57. The molecule has 1 aliphatic carbocycles. The maximum absolute atomic E-state index is 13.7. The van der Waals surface area contributed by atoms with E-state index in [4.69, 9.17) is 14.9 Å². The van der Waals surface area contributed by atoms with E-state index in [0.717, 1.165) is 17.5 Å². The average molecular weight is 400 g/mol. The van der Waals surface area contributed by atoms with Crippen molar-refractivity contribution in [1.82, 2.24) is 20.0 Å². The van der Waals surface area contributed by atoms with E-state index in [0.29, 0.717) is 29.4 Å². The normalized spacial score (nSPS) is 15.7. The SMILES string of the molecule is Cl.NCCSc1nonc1-c1noc(=O)n1C1CCc2ccc(F)cc21. The summed E-state index contributed by atoms with van der Waals surface area (Å²) in [6.45, 7) is 0.456. The van der Waals surface area contributed by atoms with Crippen LogP contribution in [0.3, 0.4) is 0 Å². The maximum Gasteiger partial charge on any atom is 0.442 e. The van der Waals surface area contributed by atoms with Crippen LogP contribution in [-0.4, -0.2) is 32.3 Å². The summed E-state index contributed by atoms with van der Waals surface area (Å²) >= 11 is 1.35. The number of nitrogens with zero attached hydrogens (tertiary/aromatic N) is 4. The van der Waals surface area contributed by atoms with Crippen molar-refractivity contribution in [3.8, 4) is 11.5 Å². The highest BCUT2D eigenvalue weighted by Crippen LogP contribution is 2.37. The number of aromatic nitrogens is 4. The Balaban J connectivity index is 0.00000196. The van der Waals surface area contributed by atoms with Gasteiger partial charge >= 0.3 is 5.76 Å². The molecule has 1 aliphatic rings. The second-order valence-electron chi connectivity index (χ2n) is 5.59. The number of nitrogens with two attached hydrogens (primary N) is 1. The van der Waals surface area contributed by atoms with Crippen LogP contribution >= 0.6 is 24.2 Å². The second-order valence-corrected chi connectivity index (χ2v) is 6.68. The van der Waals surface area contributed by atoms with Gasteiger partial charge in [-0.15, -0.1) is 12.4 Å². The summed E-state index contributed by atoms with van der Waals surface area (Å²) in [6.07, 6.45) is 1.38. The molecule has 2 aromatic heterocycles. The number of hydrogen-bond acceptors (Lipinski definition) is 8. The Morgan fingerprint density at radius 1 is 1.35 bits per heavy atom. The van der Waals surface area contributed by atoms with Gasteiger partial charge in [0.15, 0.2) is 10.7 Å². The molecule has 2 heterocycles. The Hall–Kier alpha value is -2.17. The van der Waals surface area contributed by atoms with Crippen LogP contribution in [0.1, 0.15) is 23.6 Å². The van der Waals surface area contributed by atoms with Crippen molar-refractivity contribution in [2.24, 2.45) is 5.73 Å². The Kier molecular flexibility index (Phi) is 5.44. The quantitative estimate of drug-likeness (QED) is 0.648. The molecule has 0 amide bonds. The van der Waals surface area contributed by atoms with E-state index in [1.54, 1.807) is 6.07 Å². The fraction of sp³-hybridized carbons (Fsp3) is 0.333. The van der Waals surface area contributed by atoms with E-state index < -0.39 is 5.76 Å². The molecule has 0 bridgehead atoms. The zero-order valence-electron chi connectivity index (χ0n) is 13.4. The summed E-state index contributed by atoms with van der Waals surface area (Å²) < 4.78 is 24.7. The molecule has 4 rings (SSSR count). The van der Waals surface area contributed by atoms with Crippen molar-refractivity contribution >= 4 is 24.2 Å². The summed E-state index contributed by atoms with van der Waals surface area (Å²) in [5, 5.41) is 12.0. The molecule has 2 N–H and O–H groups in total. The standard InChI is InChI=1S/C15H14FN5O3S.ClH/c16-9-3-1-8-2-4-11(10(8)7-9)21-13(19-23-15(21)22)12-14(20-24-18-12)25-6-5-17;/h1,3,7,11H,2,4-6,17H2;1H. The summed E-state index contributed by atoms with van der Waals surface area (Å²) in [4.78, 5) is 12.3. The average Bonchev–Trinajstić information content (AvgIpc) is 3.30. The van der Waals surface area contributed by atoms with Crippen LogP contribution in [0.4, 0.5) is 4.39 Å². The predicted octanol–water partition coefficient (Wildman–Crippen LogP) is 2.03. The molecule has 0 aliphatic heterocycles. The molecule has 1 aromatic carbocycles. The van der Waals surface area contributed by atoms with Crippen LogP contribution in [0, 0.1) is 5.82 Å². The lowest BCUT2D eigenvalue weighted by Gasteiger charge is -2.13. The van der Waals surface area contributed by atoms with Gasteiger partial charge in [0.2, 0.25) is 5.82 Å². The first-order valence-corrected chi connectivity index (χ1v) is 8.70. The predicted molar refractivity (Wildman–Crippen MR) is 93.9 cm³/mol. The lowest BCUT2D eigenvalue weighted by atomic mass is 10.1. The maximum atomic E-state index is 13.7. The van der Waals surface area contributed by atoms with Crippen molar-refractivity contribution in [3.05, 3.63) is 45.7 Å². The smallest absolute Gasteiger partial charge is 0.330 e. The number of fused-ring (bicyclic) bond motifs is 1. The van der Waals surface area contributed by atoms with Gasteiger partial charge in [-0.05, 0) is 46.4 Å². The first-order valence-electron chi connectivity index (χ1n) is 7.71. The second kappa shape index (κ2) is 7.60. The fourth-order valence-corrected chi connectivity index (χ4v) is 3.74. The van der Waals surface area contributed by atoms with E-state index in [9.17, 15) is 9.18 Å². The third-order valence-electron chi connectivity index (χ3n) is 4.13. The number of aryl methyl sites for hydroxylation is 1. The van der Waals surface area contributed by atoms with E-state index in [1.165, 1.54) is 28.5 Å². The lowest BCUT2D eigenvalue weighted by molar-refractivity contribution is 0.299. The highest BCUT2D eigenvalue weighted by atomic mass is 35.5. The Morgan fingerprint density at radius 2 is 2.19 bits per heavy atom. The van der Waals surface area contributed by atoms with Gasteiger partial charge in [0.1, 0.15) is 5.82 Å². The Morgan fingerprint density at radius 3 is 3.00 bits per heavy atom. The first-order chi connectivity index (χ1) is 12.2. The molecule has 0 fully saturated rings. The van der Waals surface area contributed by atoms with Crippen LogP contribution in [0.15, 0.2) is 37.2 Å². The molecule has 11 heteroatoms. The van der Waals surface area contributed by atoms with Crippen molar-refractivity contribution in [2.75, 3.05) is 12.3 Å². The molecule has 0 spiro atoms. The third-order valence-corrected chi connectivity index (χ3v) is 5.11. The van der Waals surface area contributed by atoms with Crippen LogP contribution < -0.4 is 11.5 Å². The van der Waals surface area contributed by atoms with Gasteiger partial charge in [-0.1, -0.05) is 23.0 Å². The fourth-order valence-electron chi connectivity index (χ4n) is 3.08. The minimum absolute atomic E-state index is 0. The molecular weight excluding hydrogens is 385 g/mol. The number of thioether (sulfide) groups is 1. The molecule has 0 radical (unpaired) electrons. The Bertz CT molecular complexity index is 972. The van der Waals surface area contributed by atoms with Gasteiger partial charge < -0.3 is 5.73 Å². The third kappa shape index (κ3) is 3.15. The Labute approximate surface area is 157 Å². The van der Waals surface area contributed by atoms with E-state index in [1.807, 2.05) is 0 Å². The lowest BCUT2D eigenvalue weighted by Crippen LogP contribution is -2.21. The van der Waals surface area contributed by atoms with Crippen LogP contribution in [0.2, 0.25) is 0 Å². The molecule has 138 valence electrons. The minimum atomic E-state index is -0.630. The molecule has 26 heavy (non-hydrogen) atoms. The highest BCUT2D eigenvalue weighted by molar-refractivity contribution is 7.99. The van der Waals surface area contributed by atoms with Gasteiger partial charge in [-0.2, -0.15) is 0 Å². The number of rotatable bonds is 5. The van der Waals surface area contributed by atoms with E-state index in [-0.39, 0.29) is 30.1 Å². The van der Waals surface area contributed by atoms with Gasteiger partial charge in [-0.25, -0.2) is 18.4 Å². The van der Waals surface area contributed by atoms with Crippen LogP contribution in [0.5, 0.6) is 0 Å². The van der Waals surface area contributed by atoms with Gasteiger partial charge in [-0.3, -0.25) is 4.52 Å². The van der Waals surface area contributed by atoms with Crippen molar-refractivity contribution in [2.45, 2.75) is 23.9 Å². The van der Waals surface area contributed by atoms with Crippen molar-refractivity contribution in [1.29, 1.82) is 0 Å². The molecular formula is C15H15ClFN5O3S. The van der Waals surface area contributed by atoms with Gasteiger partial charge in [0, 0.05) is 12.3 Å². The molecule has 0 saturated carbocycles. The van der Waals surface area contributed by atoms with Crippen LogP contribution in [0.25, 0.3) is 11.5 Å². The molecule has 3 aromatic rings. The summed E-state index contributed by atoms with van der Waals surface area (Å²) in [5.74, 6) is -0.150. The number of benzene rings is 1. The molecule has 0 saturated heterocycles. The van der Waals surface area contributed by atoms with Crippen LogP contribution in [-0.2, 0) is 6.42 Å². The van der Waals surface area contributed by atoms with Gasteiger partial charge in [0.05, 0.1) is 6.04 Å². The monoisotopic (exact) mass is 399 g/mol. The molecule has 8 nitrogen and oxygen atoms in total. The minimum Gasteiger partial charge on any atom is -0.330 e. The summed E-state index contributed by atoms with van der Waals surface area (Å²) in [6, 6.07) is 4.23. The topological polar surface area (TPSA) is 113 Å². The number of hydrogen-bond donors (Lipinski definition) is 1. The van der Waals surface area contributed by atoms with Gasteiger partial charge in [0.25, 0.3) is 0 Å². The van der Waals surface area contributed by atoms with E-state index >= 15 is 0 Å². The summed E-state index contributed by atoms with van der Waals surface area (Å²) in [7, 11) is 0. The van der Waals surface area contributed by atoms with Crippen molar-refractivity contribution < 1.29 is 13.5 Å². The molecule has 1 unspecified atom stereocenters. The zero-order chi connectivity index (χ0) is 17.4. The zero-order valence-corrected chi connectivity index (χ0v) is 15.1. The first kappa shape index (κ1) is 18.6. The highest BCUT2D eigenvalue weighted by Gasteiger charge is 2.31. The largest absolute Gasteiger partial charge is 0.442 e.